The van der Waals surface area contributed by atoms with Gasteiger partial charge < -0.3 is 4.90 Å². The summed E-state index contributed by atoms with van der Waals surface area (Å²) in [5.74, 6) is 2.23. The number of hydrogen-bond donors (Lipinski definition) is 0. The van der Waals surface area contributed by atoms with E-state index in [0.29, 0.717) is 5.92 Å². The van der Waals surface area contributed by atoms with Gasteiger partial charge in [0.15, 0.2) is 0 Å². The lowest BCUT2D eigenvalue weighted by Crippen LogP contribution is -2.32. The van der Waals surface area contributed by atoms with Gasteiger partial charge in [0.2, 0.25) is 0 Å². The Bertz CT molecular complexity index is 912. The van der Waals surface area contributed by atoms with Gasteiger partial charge in [-0.3, -0.25) is 0 Å². The van der Waals surface area contributed by atoms with Gasteiger partial charge in [0.25, 0.3) is 0 Å². The minimum atomic E-state index is 0.701. The Morgan fingerprint density at radius 1 is 0.966 bits per heavy atom. The van der Waals surface area contributed by atoms with Crippen molar-refractivity contribution in [3.63, 3.8) is 0 Å². The van der Waals surface area contributed by atoms with Gasteiger partial charge in [0, 0.05) is 18.8 Å². The Morgan fingerprint density at radius 2 is 1.76 bits per heavy atom. The maximum Gasteiger partial charge on any atom is 0.0180 e. The van der Waals surface area contributed by atoms with E-state index in [4.69, 9.17) is 0 Å². The molecule has 2 aliphatic carbocycles. The van der Waals surface area contributed by atoms with Gasteiger partial charge in [-0.25, -0.2) is 0 Å². The lowest BCUT2D eigenvalue weighted by molar-refractivity contribution is 0.253. The number of hydrogen-bond acceptors (Lipinski definition) is 1. The molecule has 2 fully saturated rings. The second-order valence-corrected chi connectivity index (χ2v) is 9.80. The van der Waals surface area contributed by atoms with Crippen molar-refractivity contribution in [2.45, 2.75) is 70.6 Å². The van der Waals surface area contributed by atoms with Crippen molar-refractivity contribution >= 4 is 0 Å². The van der Waals surface area contributed by atoms with Gasteiger partial charge in [-0.1, -0.05) is 43.0 Å². The first kappa shape index (κ1) is 19.0. The van der Waals surface area contributed by atoms with Gasteiger partial charge in [0.1, 0.15) is 0 Å². The highest BCUT2D eigenvalue weighted by atomic mass is 15.1. The highest BCUT2D eigenvalue weighted by molar-refractivity contribution is 5.43. The number of allylic oxidation sites excluding steroid dienone is 1. The second kappa shape index (κ2) is 7.67. The molecule has 0 bridgehead atoms. The number of benzene rings is 2. The smallest absolute Gasteiger partial charge is 0.0180 e. The summed E-state index contributed by atoms with van der Waals surface area (Å²) in [4.78, 5) is 2.56. The van der Waals surface area contributed by atoms with Crippen LogP contribution in [0.1, 0.15) is 77.3 Å². The molecule has 1 atom stereocenters. The Morgan fingerprint density at radius 3 is 2.48 bits per heavy atom. The molecule has 0 radical (unpaired) electrons. The lowest BCUT2D eigenvalue weighted by Gasteiger charge is -2.35. The van der Waals surface area contributed by atoms with E-state index in [1.165, 1.54) is 74.9 Å². The van der Waals surface area contributed by atoms with E-state index in [2.05, 4.69) is 61.7 Å². The molecule has 2 aromatic carbocycles. The average molecular weight is 386 g/mol. The third-order valence-corrected chi connectivity index (χ3v) is 7.84. The van der Waals surface area contributed by atoms with E-state index in [-0.39, 0.29) is 0 Å². The molecule has 1 saturated carbocycles. The summed E-state index contributed by atoms with van der Waals surface area (Å²) < 4.78 is 0. The number of fused-ring (bicyclic) bond motifs is 1. The lowest BCUT2D eigenvalue weighted by atomic mass is 9.85. The van der Waals surface area contributed by atoms with Crippen molar-refractivity contribution in [3.8, 4) is 0 Å². The molecule has 0 aromatic heterocycles. The third kappa shape index (κ3) is 3.77. The van der Waals surface area contributed by atoms with Crippen LogP contribution in [-0.4, -0.2) is 18.0 Å². The summed E-state index contributed by atoms with van der Waals surface area (Å²) in [5, 5.41) is 0. The largest absolute Gasteiger partial charge is 0.375 e. The highest BCUT2D eigenvalue weighted by Crippen LogP contribution is 2.41. The number of rotatable bonds is 5. The first-order valence-corrected chi connectivity index (χ1v) is 11.7. The summed E-state index contributed by atoms with van der Waals surface area (Å²) in [6.45, 7) is 11.4. The molecule has 2 aromatic rings. The molecule has 1 aliphatic heterocycles. The third-order valence-electron chi connectivity index (χ3n) is 7.84. The highest BCUT2D eigenvalue weighted by Gasteiger charge is 2.31. The van der Waals surface area contributed by atoms with E-state index >= 15 is 0 Å². The average Bonchev–Trinajstić information content (AvgIpc) is 3.50. The fraction of sp³-hybridized carbons (Fsp3) is 0.500. The van der Waals surface area contributed by atoms with Crippen molar-refractivity contribution in [2.75, 3.05) is 13.1 Å². The zero-order chi connectivity index (χ0) is 20.0. The van der Waals surface area contributed by atoms with E-state index in [1.54, 1.807) is 22.3 Å². The Kier molecular flexibility index (Phi) is 5.02. The number of aryl methyl sites for hydroxylation is 3. The molecule has 1 heterocycles. The molecule has 1 heteroatoms. The van der Waals surface area contributed by atoms with Crippen LogP contribution in [0.25, 0.3) is 0 Å². The molecule has 1 nitrogen and oxygen atoms in total. The fourth-order valence-corrected chi connectivity index (χ4v) is 5.86. The first-order valence-electron chi connectivity index (χ1n) is 11.7. The zero-order valence-electron chi connectivity index (χ0n) is 18.2. The van der Waals surface area contributed by atoms with Gasteiger partial charge >= 0.3 is 0 Å². The topological polar surface area (TPSA) is 3.24 Å². The predicted octanol–water partition coefficient (Wildman–Crippen LogP) is 6.68. The van der Waals surface area contributed by atoms with Gasteiger partial charge in [-0.2, -0.15) is 0 Å². The molecule has 0 N–H and O–H groups in total. The minimum Gasteiger partial charge on any atom is -0.375 e. The van der Waals surface area contributed by atoms with Crippen molar-refractivity contribution < 1.29 is 0 Å². The van der Waals surface area contributed by atoms with Crippen LogP contribution in [0.15, 0.2) is 48.7 Å². The van der Waals surface area contributed by atoms with E-state index in [0.717, 1.165) is 11.8 Å². The van der Waals surface area contributed by atoms with Gasteiger partial charge in [0.05, 0.1) is 0 Å². The normalized spacial score (nSPS) is 22.0. The van der Waals surface area contributed by atoms with Crippen LogP contribution >= 0.6 is 0 Å². The first-order chi connectivity index (χ1) is 14.1. The van der Waals surface area contributed by atoms with E-state index in [9.17, 15) is 0 Å². The Balaban J connectivity index is 1.25. The van der Waals surface area contributed by atoms with Crippen LogP contribution in [0.3, 0.4) is 0 Å². The SMILES string of the molecule is C=C(C1CC1)N1CCC(c2ccc(CC3CCc4cccc(C)c43)c(C)c2)CC1. The predicted molar refractivity (Wildman–Crippen MR) is 123 cm³/mol. The van der Waals surface area contributed by atoms with E-state index < -0.39 is 0 Å². The number of likely N-dealkylation sites (tertiary alicyclic amines) is 1. The van der Waals surface area contributed by atoms with Crippen molar-refractivity contribution in [1.82, 2.24) is 4.90 Å². The summed E-state index contributed by atoms with van der Waals surface area (Å²) in [5.41, 5.74) is 10.7. The summed E-state index contributed by atoms with van der Waals surface area (Å²) in [6.07, 6.45) is 9.05. The molecule has 1 saturated heterocycles. The van der Waals surface area contributed by atoms with Crippen LogP contribution in [0, 0.1) is 19.8 Å². The molecule has 0 spiro atoms. The maximum absolute atomic E-state index is 4.36. The number of piperidine rings is 1. The van der Waals surface area contributed by atoms with Crippen LogP contribution in [0.2, 0.25) is 0 Å². The van der Waals surface area contributed by atoms with Crippen LogP contribution < -0.4 is 0 Å². The van der Waals surface area contributed by atoms with Gasteiger partial charge in [-0.05, 0) is 110 Å². The zero-order valence-corrected chi connectivity index (χ0v) is 18.2. The fourth-order valence-electron chi connectivity index (χ4n) is 5.86. The van der Waals surface area contributed by atoms with Crippen molar-refractivity contribution in [1.29, 1.82) is 0 Å². The van der Waals surface area contributed by atoms with Crippen molar-refractivity contribution in [2.24, 2.45) is 5.92 Å². The molecule has 5 rings (SSSR count). The number of nitrogens with zero attached hydrogens (tertiary/aromatic N) is 1. The second-order valence-electron chi connectivity index (χ2n) is 9.80. The summed E-state index contributed by atoms with van der Waals surface area (Å²) in [6, 6.07) is 14.2. The Hall–Kier alpha value is -2.02. The minimum absolute atomic E-state index is 0.701. The summed E-state index contributed by atoms with van der Waals surface area (Å²) in [7, 11) is 0. The molecule has 29 heavy (non-hydrogen) atoms. The summed E-state index contributed by atoms with van der Waals surface area (Å²) >= 11 is 0. The van der Waals surface area contributed by atoms with Crippen LogP contribution in [-0.2, 0) is 12.8 Å². The molecule has 1 unspecified atom stereocenters. The Labute approximate surface area is 176 Å². The molecule has 152 valence electrons. The van der Waals surface area contributed by atoms with Gasteiger partial charge in [-0.15, -0.1) is 0 Å². The van der Waals surface area contributed by atoms with Crippen LogP contribution in [0.5, 0.6) is 0 Å². The molecule has 0 amide bonds. The standard InChI is InChI=1S/C28H35N/c1-19-5-4-6-24-9-12-27(28(19)24)18-25-10-11-26(17-20(25)2)23-13-15-29(16-14-23)21(3)22-7-8-22/h4-6,10-11,17,22-23,27H,3,7-9,12-16,18H2,1-2H3. The van der Waals surface area contributed by atoms with Crippen molar-refractivity contribution in [3.05, 3.63) is 82.1 Å². The maximum atomic E-state index is 4.36. The van der Waals surface area contributed by atoms with Crippen LogP contribution in [0.4, 0.5) is 0 Å². The molecular formula is C28H35N. The monoisotopic (exact) mass is 385 g/mol. The quantitative estimate of drug-likeness (QED) is 0.555. The molecular weight excluding hydrogens is 350 g/mol. The molecule has 3 aliphatic rings. The van der Waals surface area contributed by atoms with E-state index in [1.807, 2.05) is 0 Å².